The zero-order valence-corrected chi connectivity index (χ0v) is 23.9. The highest BCUT2D eigenvalue weighted by atomic mass is 32.2. The number of unbranched alkanes of at least 4 members (excludes halogenated alkanes) is 5. The molecule has 0 bridgehead atoms. The quantitative estimate of drug-likeness (QED) is 0.171. The van der Waals surface area contributed by atoms with E-state index in [0.29, 0.717) is 29.2 Å². The minimum absolute atomic E-state index is 0.168. The van der Waals surface area contributed by atoms with Gasteiger partial charge in [-0.15, -0.1) is 0 Å². The van der Waals surface area contributed by atoms with E-state index in [0.717, 1.165) is 41.5 Å². The number of sulfone groups is 1. The van der Waals surface area contributed by atoms with Gasteiger partial charge in [0.05, 0.1) is 29.9 Å². The fraction of sp³-hybridized carbons (Fsp3) is 0.516. The molecule has 0 amide bonds. The van der Waals surface area contributed by atoms with E-state index in [1.807, 2.05) is 31.2 Å². The Balaban J connectivity index is 1.97. The highest BCUT2D eigenvalue weighted by molar-refractivity contribution is 7.91. The molecule has 0 N–H and O–H groups in total. The maximum atomic E-state index is 13.2. The number of hydrogen-bond donors (Lipinski definition) is 0. The van der Waals surface area contributed by atoms with Crippen molar-refractivity contribution in [3.05, 3.63) is 58.7 Å². The summed E-state index contributed by atoms with van der Waals surface area (Å²) < 4.78 is 37.4. The summed E-state index contributed by atoms with van der Waals surface area (Å²) in [5.74, 6) is 0.418. The number of ether oxygens (including phenoxy) is 2. The van der Waals surface area contributed by atoms with Crippen LogP contribution < -0.4 is 4.74 Å². The summed E-state index contributed by atoms with van der Waals surface area (Å²) in [4.78, 5) is 12.2. The SMILES string of the molecule is CCCCCCCCOc1cc2c(cc1/C(C)=C/c1ccc(C(=O)OC)cc1)C(C)(C)CCCS2(=O)=O. The molecule has 0 saturated carbocycles. The van der Waals surface area contributed by atoms with Gasteiger partial charge >= 0.3 is 5.97 Å². The molecule has 2 aromatic carbocycles. The summed E-state index contributed by atoms with van der Waals surface area (Å²) in [5, 5.41) is 0. The molecule has 2 aromatic rings. The number of rotatable bonds is 11. The van der Waals surface area contributed by atoms with Crippen LogP contribution in [0.25, 0.3) is 11.6 Å². The fourth-order valence-corrected chi connectivity index (χ4v) is 6.65. The average molecular weight is 527 g/mol. The van der Waals surface area contributed by atoms with E-state index in [1.54, 1.807) is 18.2 Å². The molecule has 0 unspecified atom stereocenters. The molecule has 0 aromatic heterocycles. The van der Waals surface area contributed by atoms with E-state index in [-0.39, 0.29) is 17.1 Å². The molecule has 5 nitrogen and oxygen atoms in total. The second kappa shape index (κ2) is 12.8. The molecule has 0 saturated heterocycles. The Bertz CT molecular complexity index is 1210. The van der Waals surface area contributed by atoms with Gasteiger partial charge in [0.2, 0.25) is 0 Å². The Morgan fingerprint density at radius 2 is 1.70 bits per heavy atom. The van der Waals surface area contributed by atoms with Crippen LogP contribution in [0.15, 0.2) is 41.3 Å². The van der Waals surface area contributed by atoms with Crippen LogP contribution in [0.2, 0.25) is 0 Å². The maximum absolute atomic E-state index is 13.2. The smallest absolute Gasteiger partial charge is 0.337 e. The second-order valence-electron chi connectivity index (χ2n) is 10.7. The largest absolute Gasteiger partial charge is 0.493 e. The normalized spacial score (nSPS) is 16.5. The first kappa shape index (κ1) is 29.0. The topological polar surface area (TPSA) is 69.7 Å². The van der Waals surface area contributed by atoms with Crippen molar-refractivity contribution in [2.24, 2.45) is 0 Å². The lowest BCUT2D eigenvalue weighted by Gasteiger charge is -2.26. The lowest BCUT2D eigenvalue weighted by Crippen LogP contribution is -2.18. The van der Waals surface area contributed by atoms with Crippen molar-refractivity contribution in [1.82, 2.24) is 0 Å². The molecule has 0 spiro atoms. The monoisotopic (exact) mass is 526 g/mol. The van der Waals surface area contributed by atoms with E-state index >= 15 is 0 Å². The zero-order valence-electron chi connectivity index (χ0n) is 23.1. The third-order valence-corrected chi connectivity index (χ3v) is 9.09. The van der Waals surface area contributed by atoms with Crippen LogP contribution in [0.3, 0.4) is 0 Å². The van der Waals surface area contributed by atoms with E-state index in [9.17, 15) is 13.2 Å². The van der Waals surface area contributed by atoms with Gasteiger partial charge in [-0.1, -0.05) is 71.1 Å². The first-order valence-corrected chi connectivity index (χ1v) is 15.2. The van der Waals surface area contributed by atoms with E-state index in [2.05, 4.69) is 20.8 Å². The molecule has 202 valence electrons. The zero-order chi connectivity index (χ0) is 27.1. The van der Waals surface area contributed by atoms with Gasteiger partial charge in [-0.05, 0) is 72.6 Å². The van der Waals surface area contributed by atoms with Crippen LogP contribution in [0.5, 0.6) is 5.75 Å². The lowest BCUT2D eigenvalue weighted by atomic mass is 9.79. The molecule has 1 aliphatic rings. The molecular formula is C31H42O5S. The number of fused-ring (bicyclic) bond motifs is 1. The molecular weight excluding hydrogens is 484 g/mol. The second-order valence-corrected chi connectivity index (χ2v) is 12.8. The first-order valence-electron chi connectivity index (χ1n) is 13.5. The van der Waals surface area contributed by atoms with Gasteiger partial charge in [0, 0.05) is 5.56 Å². The molecule has 37 heavy (non-hydrogen) atoms. The van der Waals surface area contributed by atoms with Crippen LogP contribution in [-0.4, -0.2) is 33.9 Å². The van der Waals surface area contributed by atoms with E-state index in [1.165, 1.54) is 32.8 Å². The number of esters is 1. The minimum Gasteiger partial charge on any atom is -0.493 e. The van der Waals surface area contributed by atoms with E-state index < -0.39 is 9.84 Å². The molecule has 0 fully saturated rings. The standard InChI is InChI=1S/C31H42O5S/c1-6-7-8-9-10-11-18-36-28-22-29-27(31(3,4)17-12-19-37(29,33)34)21-26(28)23(2)20-24-13-15-25(16-14-24)30(32)35-5/h13-16,20-22H,6-12,17-19H2,1-5H3/b23-20+. The summed E-state index contributed by atoms with van der Waals surface area (Å²) >= 11 is 0. The molecule has 1 heterocycles. The Hall–Kier alpha value is -2.60. The van der Waals surface area contributed by atoms with Gasteiger partial charge in [0.1, 0.15) is 5.75 Å². The van der Waals surface area contributed by atoms with E-state index in [4.69, 9.17) is 9.47 Å². The maximum Gasteiger partial charge on any atom is 0.337 e. The number of carbonyl (C=O) groups is 1. The van der Waals surface area contributed by atoms with Crippen LogP contribution >= 0.6 is 0 Å². The van der Waals surface area contributed by atoms with Crippen LogP contribution in [0.4, 0.5) is 0 Å². The Morgan fingerprint density at radius 3 is 2.38 bits per heavy atom. The molecule has 0 atom stereocenters. The Kier molecular flexibility index (Phi) is 10.00. The summed E-state index contributed by atoms with van der Waals surface area (Å²) in [6.07, 6.45) is 10.5. The van der Waals surface area contributed by atoms with Crippen molar-refractivity contribution >= 4 is 27.5 Å². The molecule has 1 aliphatic heterocycles. The summed E-state index contributed by atoms with van der Waals surface area (Å²) in [6, 6.07) is 11.0. The summed E-state index contributed by atoms with van der Waals surface area (Å²) in [6.45, 7) is 9.03. The van der Waals surface area contributed by atoms with Crippen molar-refractivity contribution < 1.29 is 22.7 Å². The van der Waals surface area contributed by atoms with Crippen molar-refractivity contribution in [3.63, 3.8) is 0 Å². The lowest BCUT2D eigenvalue weighted by molar-refractivity contribution is 0.0600. The van der Waals surface area contributed by atoms with Crippen LogP contribution in [-0.2, 0) is 20.0 Å². The molecule has 0 aliphatic carbocycles. The predicted molar refractivity (Wildman–Crippen MR) is 151 cm³/mol. The van der Waals surface area contributed by atoms with Gasteiger partial charge in [-0.25, -0.2) is 13.2 Å². The third-order valence-electron chi connectivity index (χ3n) is 7.26. The number of methoxy groups -OCH3 is 1. The molecule has 6 heteroatoms. The van der Waals surface area contributed by atoms with Crippen molar-refractivity contribution in [3.8, 4) is 5.75 Å². The minimum atomic E-state index is -3.38. The van der Waals surface area contributed by atoms with Crippen LogP contribution in [0.1, 0.15) is 106 Å². The van der Waals surface area contributed by atoms with Gasteiger partial charge in [-0.3, -0.25) is 0 Å². The number of hydrogen-bond acceptors (Lipinski definition) is 5. The van der Waals surface area contributed by atoms with Gasteiger partial charge in [0.25, 0.3) is 0 Å². The summed E-state index contributed by atoms with van der Waals surface area (Å²) in [5.41, 5.74) is 3.93. The van der Waals surface area contributed by atoms with Gasteiger partial charge in [-0.2, -0.15) is 0 Å². The summed E-state index contributed by atoms with van der Waals surface area (Å²) in [7, 11) is -2.01. The van der Waals surface area contributed by atoms with Crippen molar-refractivity contribution in [2.45, 2.75) is 89.4 Å². The average Bonchev–Trinajstić information content (AvgIpc) is 2.95. The number of benzene rings is 2. The fourth-order valence-electron chi connectivity index (χ4n) is 4.95. The third kappa shape index (κ3) is 7.47. The Labute approximate surface area is 223 Å². The number of carbonyl (C=O) groups excluding carboxylic acids is 1. The van der Waals surface area contributed by atoms with Gasteiger partial charge in [0.15, 0.2) is 9.84 Å². The van der Waals surface area contributed by atoms with Crippen LogP contribution in [0, 0.1) is 0 Å². The predicted octanol–water partition coefficient (Wildman–Crippen LogP) is 7.62. The highest BCUT2D eigenvalue weighted by Crippen LogP contribution is 2.42. The molecule has 0 radical (unpaired) electrons. The van der Waals surface area contributed by atoms with Crippen molar-refractivity contribution in [1.29, 1.82) is 0 Å². The first-order chi connectivity index (χ1) is 17.6. The van der Waals surface area contributed by atoms with Gasteiger partial charge < -0.3 is 9.47 Å². The van der Waals surface area contributed by atoms with Crippen molar-refractivity contribution in [2.75, 3.05) is 19.5 Å². The Morgan fingerprint density at radius 1 is 1.03 bits per heavy atom. The molecule has 3 rings (SSSR count). The highest BCUT2D eigenvalue weighted by Gasteiger charge is 2.34. The number of allylic oxidation sites excluding steroid dienone is 1.